The molecular weight excluding hydrogens is 452 g/mol. The van der Waals surface area contributed by atoms with Crippen LogP contribution in [0.2, 0.25) is 0 Å². The zero-order chi connectivity index (χ0) is 25.1. The second kappa shape index (κ2) is 10.4. The number of piperidine rings is 1. The van der Waals surface area contributed by atoms with Crippen molar-refractivity contribution in [2.45, 2.75) is 39.7 Å². The maximum atomic E-state index is 13.9. The van der Waals surface area contributed by atoms with Gasteiger partial charge in [-0.2, -0.15) is 0 Å². The highest BCUT2D eigenvalue weighted by molar-refractivity contribution is 5.89. The molecule has 2 aromatic carbocycles. The minimum Gasteiger partial charge on any atom is -0.341 e. The first kappa shape index (κ1) is 24.6. The number of benzene rings is 2. The van der Waals surface area contributed by atoms with E-state index in [-0.39, 0.29) is 23.8 Å². The van der Waals surface area contributed by atoms with E-state index in [4.69, 9.17) is 0 Å². The Bertz CT molecular complexity index is 1210. The van der Waals surface area contributed by atoms with Crippen molar-refractivity contribution in [3.63, 3.8) is 0 Å². The number of hydrogen-bond donors (Lipinski definition) is 2. The van der Waals surface area contributed by atoms with Crippen LogP contribution in [0.4, 0.5) is 19.3 Å². The van der Waals surface area contributed by atoms with E-state index >= 15 is 0 Å². The number of amides is 3. The molecule has 1 aliphatic rings. The smallest absolute Gasteiger partial charge is 0.319 e. The summed E-state index contributed by atoms with van der Waals surface area (Å²) in [5.41, 5.74) is 2.53. The van der Waals surface area contributed by atoms with Gasteiger partial charge in [-0.3, -0.25) is 4.79 Å². The van der Waals surface area contributed by atoms with Crippen molar-refractivity contribution in [3.8, 4) is 0 Å². The van der Waals surface area contributed by atoms with E-state index in [1.54, 1.807) is 4.57 Å². The fraction of sp³-hybridized carbons (Fsp3) is 0.423. The Morgan fingerprint density at radius 1 is 1.14 bits per heavy atom. The van der Waals surface area contributed by atoms with Crippen molar-refractivity contribution < 1.29 is 18.4 Å². The molecule has 7 nitrogen and oxygen atoms in total. The number of rotatable bonds is 6. The fourth-order valence-corrected chi connectivity index (χ4v) is 4.64. The summed E-state index contributed by atoms with van der Waals surface area (Å²) in [6.45, 7) is 7.41. The van der Waals surface area contributed by atoms with Crippen molar-refractivity contribution in [3.05, 3.63) is 59.9 Å². The lowest BCUT2D eigenvalue weighted by Gasteiger charge is -2.36. The number of anilines is 1. The van der Waals surface area contributed by atoms with Crippen LogP contribution >= 0.6 is 0 Å². The van der Waals surface area contributed by atoms with Gasteiger partial charge in [0.1, 0.15) is 6.04 Å². The van der Waals surface area contributed by atoms with Gasteiger partial charge in [0.15, 0.2) is 11.6 Å². The number of urea groups is 1. The van der Waals surface area contributed by atoms with Gasteiger partial charge in [0.2, 0.25) is 5.91 Å². The van der Waals surface area contributed by atoms with E-state index in [1.807, 2.05) is 49.9 Å². The Kier molecular flexibility index (Phi) is 7.33. The molecular formula is C26H31F2N5O2. The standard InChI is InChI=1S/C26H31F2N5O2/c1-16(2)24(33-15-30-22-11-20(27)21(28)12-23(22)33)25(34)32-10-4-5-18(14-32)13-29-26(35)31-19-8-6-17(3)7-9-19/h6-9,11-12,15-16,18,24H,4-5,10,13-14H2,1-3H3,(H2,29,31,35). The third-order valence-corrected chi connectivity index (χ3v) is 6.49. The van der Waals surface area contributed by atoms with E-state index in [0.29, 0.717) is 30.7 Å². The monoisotopic (exact) mass is 483 g/mol. The zero-order valence-electron chi connectivity index (χ0n) is 20.2. The number of likely N-dealkylation sites (tertiary alicyclic amines) is 1. The van der Waals surface area contributed by atoms with E-state index in [1.165, 1.54) is 6.33 Å². The number of nitrogens with zero attached hydrogens (tertiary/aromatic N) is 3. The molecule has 0 spiro atoms. The number of imidazole rings is 1. The number of aryl methyl sites for hydroxylation is 1. The summed E-state index contributed by atoms with van der Waals surface area (Å²) in [4.78, 5) is 31.9. The van der Waals surface area contributed by atoms with Gasteiger partial charge in [-0.25, -0.2) is 18.6 Å². The summed E-state index contributed by atoms with van der Waals surface area (Å²) in [7, 11) is 0. The predicted molar refractivity (Wildman–Crippen MR) is 131 cm³/mol. The van der Waals surface area contributed by atoms with Crippen LogP contribution in [-0.2, 0) is 4.79 Å². The molecule has 186 valence electrons. The summed E-state index contributed by atoms with van der Waals surface area (Å²) in [6.07, 6.45) is 3.21. The highest BCUT2D eigenvalue weighted by atomic mass is 19.2. The van der Waals surface area contributed by atoms with Crippen LogP contribution in [0.1, 0.15) is 38.3 Å². The number of halogens is 2. The summed E-state index contributed by atoms with van der Waals surface area (Å²) >= 11 is 0. The predicted octanol–water partition coefficient (Wildman–Crippen LogP) is 4.88. The molecule has 1 saturated heterocycles. The first-order valence-electron chi connectivity index (χ1n) is 11.9. The lowest BCUT2D eigenvalue weighted by Crippen LogP contribution is -2.47. The van der Waals surface area contributed by atoms with Gasteiger partial charge in [0.05, 0.1) is 17.4 Å². The van der Waals surface area contributed by atoms with Crippen LogP contribution in [-0.4, -0.2) is 46.0 Å². The molecule has 0 saturated carbocycles. The number of carbonyl (C=O) groups is 2. The first-order valence-corrected chi connectivity index (χ1v) is 11.9. The maximum Gasteiger partial charge on any atom is 0.319 e. The lowest BCUT2D eigenvalue weighted by atomic mass is 9.95. The van der Waals surface area contributed by atoms with Crippen LogP contribution in [0.3, 0.4) is 0 Å². The molecule has 9 heteroatoms. The molecule has 4 rings (SSSR count). The SMILES string of the molecule is Cc1ccc(NC(=O)NCC2CCCN(C(=O)C(C(C)C)n3cnc4cc(F)c(F)cc43)C2)cc1. The molecule has 0 radical (unpaired) electrons. The molecule has 0 aliphatic carbocycles. The number of nitrogens with one attached hydrogen (secondary N) is 2. The van der Waals surface area contributed by atoms with Crippen LogP contribution in [0.15, 0.2) is 42.7 Å². The molecule has 2 atom stereocenters. The van der Waals surface area contributed by atoms with Gasteiger partial charge in [-0.15, -0.1) is 0 Å². The van der Waals surface area contributed by atoms with Crippen molar-refractivity contribution in [1.29, 1.82) is 0 Å². The van der Waals surface area contributed by atoms with Crippen molar-refractivity contribution in [2.75, 3.05) is 25.0 Å². The molecule has 2 unspecified atom stereocenters. The van der Waals surface area contributed by atoms with Gasteiger partial charge in [0, 0.05) is 37.5 Å². The van der Waals surface area contributed by atoms with E-state index < -0.39 is 17.7 Å². The van der Waals surface area contributed by atoms with Gasteiger partial charge in [0.25, 0.3) is 0 Å². The van der Waals surface area contributed by atoms with Gasteiger partial charge in [-0.05, 0) is 43.7 Å². The molecule has 3 amide bonds. The molecule has 1 aromatic heterocycles. The maximum absolute atomic E-state index is 13.9. The Morgan fingerprint density at radius 2 is 1.86 bits per heavy atom. The minimum absolute atomic E-state index is 0.0853. The third kappa shape index (κ3) is 5.61. The largest absolute Gasteiger partial charge is 0.341 e. The van der Waals surface area contributed by atoms with Crippen LogP contribution in [0.25, 0.3) is 11.0 Å². The highest BCUT2D eigenvalue weighted by Gasteiger charge is 2.33. The topological polar surface area (TPSA) is 79.3 Å². The fourth-order valence-electron chi connectivity index (χ4n) is 4.64. The number of fused-ring (bicyclic) bond motifs is 1. The average molecular weight is 484 g/mol. The number of hydrogen-bond acceptors (Lipinski definition) is 3. The van der Waals surface area contributed by atoms with Crippen molar-refractivity contribution in [2.24, 2.45) is 11.8 Å². The van der Waals surface area contributed by atoms with Crippen LogP contribution < -0.4 is 10.6 Å². The molecule has 1 fully saturated rings. The highest BCUT2D eigenvalue weighted by Crippen LogP contribution is 2.29. The second-order valence-corrected chi connectivity index (χ2v) is 9.59. The Balaban J connectivity index is 1.41. The van der Waals surface area contributed by atoms with Gasteiger partial charge >= 0.3 is 6.03 Å². The molecule has 2 heterocycles. The van der Waals surface area contributed by atoms with Gasteiger partial charge < -0.3 is 20.1 Å². The third-order valence-electron chi connectivity index (χ3n) is 6.49. The summed E-state index contributed by atoms with van der Waals surface area (Å²) in [5.74, 6) is -1.99. The normalized spacial score (nSPS) is 17.0. The summed E-state index contributed by atoms with van der Waals surface area (Å²) in [6, 6.07) is 8.82. The average Bonchev–Trinajstić information content (AvgIpc) is 3.21. The van der Waals surface area contributed by atoms with E-state index in [0.717, 1.165) is 36.2 Å². The Morgan fingerprint density at radius 3 is 2.57 bits per heavy atom. The Hall–Kier alpha value is -3.49. The molecule has 35 heavy (non-hydrogen) atoms. The second-order valence-electron chi connectivity index (χ2n) is 9.59. The van der Waals surface area contributed by atoms with Gasteiger partial charge in [-0.1, -0.05) is 31.5 Å². The zero-order valence-corrected chi connectivity index (χ0v) is 20.2. The summed E-state index contributed by atoms with van der Waals surface area (Å²) < 4.78 is 29.2. The first-order chi connectivity index (χ1) is 16.7. The number of aromatic nitrogens is 2. The Labute approximate surface area is 203 Å². The lowest BCUT2D eigenvalue weighted by molar-refractivity contribution is -0.137. The van der Waals surface area contributed by atoms with Crippen LogP contribution in [0, 0.1) is 30.4 Å². The van der Waals surface area contributed by atoms with Crippen molar-refractivity contribution in [1.82, 2.24) is 19.8 Å². The van der Waals surface area contributed by atoms with Crippen LogP contribution in [0.5, 0.6) is 0 Å². The number of carbonyl (C=O) groups excluding carboxylic acids is 2. The minimum atomic E-state index is -0.970. The van der Waals surface area contributed by atoms with E-state index in [2.05, 4.69) is 15.6 Å². The molecule has 1 aliphatic heterocycles. The molecule has 3 aromatic rings. The van der Waals surface area contributed by atoms with Crippen molar-refractivity contribution >= 4 is 28.7 Å². The summed E-state index contributed by atoms with van der Waals surface area (Å²) in [5, 5.41) is 5.73. The molecule has 2 N–H and O–H groups in total. The van der Waals surface area contributed by atoms with E-state index in [9.17, 15) is 18.4 Å². The quantitative estimate of drug-likeness (QED) is 0.525. The molecule has 0 bridgehead atoms.